The molecule has 1 aromatic heterocycles. The molecule has 0 aliphatic heterocycles. The van der Waals surface area contributed by atoms with E-state index in [1.807, 2.05) is 12.1 Å². The molecule has 2 N–H and O–H groups in total. The maximum absolute atomic E-state index is 12.6. The van der Waals surface area contributed by atoms with Gasteiger partial charge in [-0.3, -0.25) is 4.98 Å². The molecule has 0 saturated heterocycles. The Hall–Kier alpha value is -1.10. The van der Waals surface area contributed by atoms with Gasteiger partial charge < -0.3 is 5.73 Å². The minimum absolute atomic E-state index is 0.144. The van der Waals surface area contributed by atoms with Crippen molar-refractivity contribution in [2.45, 2.75) is 43.8 Å². The Labute approximate surface area is 104 Å². The molecule has 1 aliphatic rings. The Kier molecular flexibility index (Phi) is 3.61. The zero-order valence-electron chi connectivity index (χ0n) is 10.1. The van der Waals surface area contributed by atoms with Crippen LogP contribution in [0.1, 0.15) is 31.2 Å². The van der Waals surface area contributed by atoms with Gasteiger partial charge >= 0.3 is 6.18 Å². The predicted octanol–water partition coefficient (Wildman–Crippen LogP) is 3.07. The quantitative estimate of drug-likeness (QED) is 0.885. The molecule has 18 heavy (non-hydrogen) atoms. The Balaban J connectivity index is 1.95. The molecule has 0 unspecified atom stereocenters. The molecular formula is C13H17F3N2. The van der Waals surface area contributed by atoms with Crippen molar-refractivity contribution in [3.8, 4) is 0 Å². The van der Waals surface area contributed by atoms with Crippen LogP contribution in [0, 0.1) is 5.92 Å². The molecule has 1 aliphatic carbocycles. The Morgan fingerprint density at radius 2 is 1.78 bits per heavy atom. The molecule has 0 aromatic carbocycles. The first kappa shape index (κ1) is 13.3. The highest BCUT2D eigenvalue weighted by Gasteiger charge is 2.44. The van der Waals surface area contributed by atoms with E-state index in [0.717, 1.165) is 5.56 Å². The lowest BCUT2D eigenvalue weighted by molar-refractivity contribution is -0.184. The second-order valence-electron chi connectivity index (χ2n) is 5.21. The van der Waals surface area contributed by atoms with Gasteiger partial charge in [0.1, 0.15) is 0 Å². The second-order valence-corrected chi connectivity index (χ2v) is 5.21. The van der Waals surface area contributed by atoms with Gasteiger partial charge in [-0.25, -0.2) is 0 Å². The molecule has 100 valence electrons. The van der Waals surface area contributed by atoms with Crippen molar-refractivity contribution in [3.63, 3.8) is 0 Å². The fourth-order valence-electron chi connectivity index (χ4n) is 2.60. The molecule has 1 aromatic rings. The molecule has 0 radical (unpaired) electrons. The number of nitrogens with zero attached hydrogens (tertiary/aromatic N) is 1. The monoisotopic (exact) mass is 258 g/mol. The summed E-state index contributed by atoms with van der Waals surface area (Å²) in [5.74, 6) is -1.17. The van der Waals surface area contributed by atoms with Crippen LogP contribution in [0.15, 0.2) is 24.5 Å². The van der Waals surface area contributed by atoms with E-state index in [4.69, 9.17) is 5.73 Å². The summed E-state index contributed by atoms with van der Waals surface area (Å²) in [6, 6.07) is 3.73. The number of hydrogen-bond acceptors (Lipinski definition) is 2. The van der Waals surface area contributed by atoms with Crippen LogP contribution >= 0.6 is 0 Å². The summed E-state index contributed by atoms with van der Waals surface area (Å²) >= 11 is 0. The van der Waals surface area contributed by atoms with Gasteiger partial charge in [0.2, 0.25) is 0 Å². The van der Waals surface area contributed by atoms with Crippen LogP contribution in [0.5, 0.6) is 0 Å². The normalized spacial score (nSPS) is 29.2. The topological polar surface area (TPSA) is 38.9 Å². The zero-order valence-corrected chi connectivity index (χ0v) is 10.1. The number of rotatable bonds is 2. The number of halogens is 3. The second kappa shape index (κ2) is 4.88. The van der Waals surface area contributed by atoms with Gasteiger partial charge in [0, 0.05) is 17.9 Å². The fraction of sp³-hybridized carbons (Fsp3) is 0.615. The molecule has 0 spiro atoms. The molecule has 0 amide bonds. The van der Waals surface area contributed by atoms with Crippen molar-refractivity contribution in [2.24, 2.45) is 11.7 Å². The Bertz CT molecular complexity index is 381. The van der Waals surface area contributed by atoms with Crippen molar-refractivity contribution >= 4 is 0 Å². The van der Waals surface area contributed by atoms with Gasteiger partial charge in [0.15, 0.2) is 0 Å². The predicted molar refractivity (Wildman–Crippen MR) is 62.9 cm³/mol. The lowest BCUT2D eigenvalue weighted by Gasteiger charge is -2.38. The fourth-order valence-corrected chi connectivity index (χ4v) is 2.60. The van der Waals surface area contributed by atoms with E-state index in [-0.39, 0.29) is 12.8 Å². The highest BCUT2D eigenvalue weighted by Crippen LogP contribution is 2.41. The number of nitrogens with two attached hydrogens (primary N) is 1. The molecule has 5 heteroatoms. The van der Waals surface area contributed by atoms with E-state index in [9.17, 15) is 13.2 Å². The molecule has 2 rings (SSSR count). The van der Waals surface area contributed by atoms with Crippen LogP contribution in [-0.2, 0) is 6.42 Å². The number of pyridine rings is 1. The van der Waals surface area contributed by atoms with E-state index >= 15 is 0 Å². The Morgan fingerprint density at radius 3 is 2.28 bits per heavy atom. The maximum atomic E-state index is 12.6. The van der Waals surface area contributed by atoms with Gasteiger partial charge in [0.05, 0.1) is 5.92 Å². The van der Waals surface area contributed by atoms with Gasteiger partial charge in [-0.15, -0.1) is 0 Å². The van der Waals surface area contributed by atoms with Crippen molar-refractivity contribution < 1.29 is 13.2 Å². The smallest absolute Gasteiger partial charge is 0.325 e. The highest BCUT2D eigenvalue weighted by molar-refractivity contribution is 5.14. The highest BCUT2D eigenvalue weighted by atomic mass is 19.4. The van der Waals surface area contributed by atoms with Crippen molar-refractivity contribution in [2.75, 3.05) is 0 Å². The summed E-state index contributed by atoms with van der Waals surface area (Å²) in [4.78, 5) is 3.92. The molecule has 1 saturated carbocycles. The summed E-state index contributed by atoms with van der Waals surface area (Å²) < 4.78 is 37.7. The van der Waals surface area contributed by atoms with E-state index in [0.29, 0.717) is 19.3 Å². The van der Waals surface area contributed by atoms with Gasteiger partial charge in [0.25, 0.3) is 0 Å². The van der Waals surface area contributed by atoms with Gasteiger partial charge in [-0.1, -0.05) is 0 Å². The molecule has 1 heterocycles. The van der Waals surface area contributed by atoms with Crippen LogP contribution < -0.4 is 5.73 Å². The first-order valence-electron chi connectivity index (χ1n) is 6.14. The SMILES string of the molecule is NC1(Cc2ccncc2)CCC(C(F)(F)F)CC1. The average molecular weight is 258 g/mol. The Morgan fingerprint density at radius 1 is 1.22 bits per heavy atom. The van der Waals surface area contributed by atoms with Crippen molar-refractivity contribution in [1.29, 1.82) is 0 Å². The summed E-state index contributed by atoms with van der Waals surface area (Å²) in [5, 5.41) is 0. The lowest BCUT2D eigenvalue weighted by Crippen LogP contribution is -2.47. The summed E-state index contributed by atoms with van der Waals surface area (Å²) in [6.45, 7) is 0. The molecular weight excluding hydrogens is 241 g/mol. The third-order valence-corrected chi connectivity index (χ3v) is 3.75. The maximum Gasteiger partial charge on any atom is 0.391 e. The van der Waals surface area contributed by atoms with E-state index < -0.39 is 17.6 Å². The summed E-state index contributed by atoms with van der Waals surface area (Å²) in [7, 11) is 0. The standard InChI is InChI=1S/C13H17F3N2/c14-13(15,16)11-1-5-12(17,6-2-11)9-10-3-7-18-8-4-10/h3-4,7-8,11H,1-2,5-6,9,17H2. The first-order valence-corrected chi connectivity index (χ1v) is 6.14. The minimum Gasteiger partial charge on any atom is -0.325 e. The summed E-state index contributed by atoms with van der Waals surface area (Å²) in [6.07, 6.45) is 1.06. The van der Waals surface area contributed by atoms with Crippen LogP contribution in [0.25, 0.3) is 0 Å². The van der Waals surface area contributed by atoms with Crippen molar-refractivity contribution in [3.05, 3.63) is 30.1 Å². The van der Waals surface area contributed by atoms with Gasteiger partial charge in [-0.05, 0) is 49.8 Å². The third-order valence-electron chi connectivity index (χ3n) is 3.75. The van der Waals surface area contributed by atoms with Crippen LogP contribution in [0.3, 0.4) is 0 Å². The number of hydrogen-bond donors (Lipinski definition) is 1. The number of alkyl halides is 3. The zero-order chi connectivity index (χ0) is 13.2. The van der Waals surface area contributed by atoms with E-state index in [2.05, 4.69) is 4.98 Å². The van der Waals surface area contributed by atoms with E-state index in [1.54, 1.807) is 12.4 Å². The van der Waals surface area contributed by atoms with Crippen molar-refractivity contribution in [1.82, 2.24) is 4.98 Å². The van der Waals surface area contributed by atoms with Gasteiger partial charge in [-0.2, -0.15) is 13.2 Å². The third kappa shape index (κ3) is 3.22. The first-order chi connectivity index (χ1) is 8.39. The average Bonchev–Trinajstić information content (AvgIpc) is 2.29. The molecule has 0 bridgehead atoms. The molecule has 1 fully saturated rings. The number of aromatic nitrogens is 1. The van der Waals surface area contributed by atoms with Crippen LogP contribution in [0.4, 0.5) is 13.2 Å². The minimum atomic E-state index is -4.07. The van der Waals surface area contributed by atoms with Crippen LogP contribution in [-0.4, -0.2) is 16.7 Å². The van der Waals surface area contributed by atoms with E-state index in [1.165, 1.54) is 0 Å². The summed E-state index contributed by atoms with van der Waals surface area (Å²) in [5.41, 5.74) is 6.75. The largest absolute Gasteiger partial charge is 0.391 e. The molecule has 0 atom stereocenters. The lowest BCUT2D eigenvalue weighted by atomic mass is 9.74. The molecule has 2 nitrogen and oxygen atoms in total. The van der Waals surface area contributed by atoms with Crippen LogP contribution in [0.2, 0.25) is 0 Å².